The number of hydrogen-bond donors (Lipinski definition) is 2. The Balaban J connectivity index is 1.37. The van der Waals surface area contributed by atoms with Gasteiger partial charge in [-0.2, -0.15) is 0 Å². The molecule has 4 heterocycles. The van der Waals surface area contributed by atoms with Crippen molar-refractivity contribution in [2.75, 3.05) is 18.4 Å². The Morgan fingerprint density at radius 2 is 1.91 bits per heavy atom. The number of fused-ring (bicyclic) bond motifs is 1. The molecule has 0 bridgehead atoms. The van der Waals surface area contributed by atoms with Crippen molar-refractivity contribution in [3.63, 3.8) is 0 Å². The van der Waals surface area contributed by atoms with Gasteiger partial charge in [0, 0.05) is 23.7 Å². The van der Waals surface area contributed by atoms with Crippen LogP contribution in [-0.2, 0) is 6.42 Å². The summed E-state index contributed by atoms with van der Waals surface area (Å²) < 4.78 is 27.3. The molecular formula is C25H22F2N6O. The third-order valence-electron chi connectivity index (χ3n) is 5.78. The first kappa shape index (κ1) is 22.0. The van der Waals surface area contributed by atoms with Crippen LogP contribution in [0.2, 0.25) is 0 Å². The van der Waals surface area contributed by atoms with E-state index in [9.17, 15) is 13.6 Å². The van der Waals surface area contributed by atoms with Crippen LogP contribution >= 0.6 is 0 Å². The molecule has 1 aliphatic heterocycles. The lowest BCUT2D eigenvalue weighted by Crippen LogP contribution is -2.45. The van der Waals surface area contributed by atoms with Crippen LogP contribution in [0.25, 0.3) is 22.3 Å². The van der Waals surface area contributed by atoms with Crippen LogP contribution in [0.4, 0.5) is 14.6 Å². The van der Waals surface area contributed by atoms with Crippen molar-refractivity contribution in [2.45, 2.75) is 25.1 Å². The number of Topliss-reactive ketones (excluding diaryl/α,β-unsaturated/α-hetero) is 1. The lowest BCUT2D eigenvalue weighted by molar-refractivity contribution is 0.0992. The molecule has 9 heteroatoms. The summed E-state index contributed by atoms with van der Waals surface area (Å²) in [7, 11) is 0. The van der Waals surface area contributed by atoms with E-state index >= 15 is 0 Å². The van der Waals surface area contributed by atoms with Crippen molar-refractivity contribution in [1.29, 1.82) is 0 Å². The minimum Gasteiger partial charge on any atom is -0.363 e. The lowest BCUT2D eigenvalue weighted by atomic mass is 10.1. The molecule has 5 rings (SSSR count). The largest absolute Gasteiger partial charge is 0.363 e. The van der Waals surface area contributed by atoms with Crippen molar-refractivity contribution in [3.05, 3.63) is 78.1 Å². The van der Waals surface area contributed by atoms with Crippen LogP contribution in [0.15, 0.2) is 61.1 Å². The number of rotatable bonds is 6. The first-order valence-electron chi connectivity index (χ1n) is 11.0. The molecule has 1 aliphatic rings. The summed E-state index contributed by atoms with van der Waals surface area (Å²) in [6.45, 7) is 1.06. The molecule has 34 heavy (non-hydrogen) atoms. The zero-order valence-electron chi connectivity index (χ0n) is 18.2. The average molecular weight is 460 g/mol. The summed E-state index contributed by atoms with van der Waals surface area (Å²) in [5, 5.41) is 6.99. The minimum atomic E-state index is -0.999. The number of halogens is 2. The van der Waals surface area contributed by atoms with Gasteiger partial charge in [0.1, 0.15) is 23.5 Å². The fourth-order valence-electron chi connectivity index (χ4n) is 3.93. The van der Waals surface area contributed by atoms with E-state index < -0.39 is 6.17 Å². The molecule has 0 aliphatic carbocycles. The van der Waals surface area contributed by atoms with Crippen molar-refractivity contribution >= 4 is 22.5 Å². The van der Waals surface area contributed by atoms with Gasteiger partial charge in [0.2, 0.25) is 0 Å². The van der Waals surface area contributed by atoms with E-state index in [4.69, 9.17) is 0 Å². The highest BCUT2D eigenvalue weighted by molar-refractivity contribution is 5.97. The number of aromatic nitrogens is 4. The van der Waals surface area contributed by atoms with Crippen LogP contribution in [0.1, 0.15) is 22.5 Å². The third-order valence-corrected chi connectivity index (χ3v) is 5.78. The van der Waals surface area contributed by atoms with Crippen LogP contribution in [0.5, 0.6) is 0 Å². The zero-order chi connectivity index (χ0) is 23.5. The van der Waals surface area contributed by atoms with E-state index in [1.54, 1.807) is 24.7 Å². The predicted molar refractivity (Wildman–Crippen MR) is 125 cm³/mol. The first-order chi connectivity index (χ1) is 16.5. The number of nitrogens with zero attached hydrogens (tertiary/aromatic N) is 4. The molecular weight excluding hydrogens is 438 g/mol. The summed E-state index contributed by atoms with van der Waals surface area (Å²) in [4.78, 5) is 30.4. The van der Waals surface area contributed by atoms with Crippen molar-refractivity contribution in [1.82, 2.24) is 25.3 Å². The number of nitrogens with one attached hydrogen (secondary N) is 2. The van der Waals surface area contributed by atoms with Gasteiger partial charge in [0.25, 0.3) is 0 Å². The van der Waals surface area contributed by atoms with E-state index in [0.717, 1.165) is 11.9 Å². The highest BCUT2D eigenvalue weighted by Crippen LogP contribution is 2.22. The van der Waals surface area contributed by atoms with Gasteiger partial charge in [-0.05, 0) is 55.4 Å². The van der Waals surface area contributed by atoms with Crippen LogP contribution in [0.3, 0.4) is 0 Å². The van der Waals surface area contributed by atoms with Gasteiger partial charge in [-0.25, -0.2) is 18.7 Å². The van der Waals surface area contributed by atoms with E-state index in [1.807, 2.05) is 12.1 Å². The van der Waals surface area contributed by atoms with Crippen LogP contribution in [0, 0.1) is 5.82 Å². The van der Waals surface area contributed by atoms with E-state index in [0.29, 0.717) is 46.9 Å². The highest BCUT2D eigenvalue weighted by atomic mass is 19.1. The van der Waals surface area contributed by atoms with Gasteiger partial charge in [-0.15, -0.1) is 0 Å². The smallest absolute Gasteiger partial charge is 0.168 e. The Bertz CT molecular complexity index is 1330. The second-order valence-electron chi connectivity index (χ2n) is 8.22. The van der Waals surface area contributed by atoms with E-state index in [2.05, 4.69) is 30.6 Å². The summed E-state index contributed by atoms with van der Waals surface area (Å²) in [6.07, 6.45) is 4.58. The molecule has 172 valence electrons. The van der Waals surface area contributed by atoms with Gasteiger partial charge < -0.3 is 10.6 Å². The monoisotopic (exact) mass is 460 g/mol. The van der Waals surface area contributed by atoms with Crippen LogP contribution in [-0.4, -0.2) is 51.0 Å². The van der Waals surface area contributed by atoms with Gasteiger partial charge >= 0.3 is 0 Å². The molecule has 0 unspecified atom stereocenters. The molecule has 4 aromatic rings. The first-order valence-corrected chi connectivity index (χ1v) is 11.0. The van der Waals surface area contributed by atoms with Crippen molar-refractivity contribution < 1.29 is 13.6 Å². The quantitative estimate of drug-likeness (QED) is 0.423. The van der Waals surface area contributed by atoms with E-state index in [1.165, 1.54) is 24.3 Å². The number of benzene rings is 1. The number of piperidine rings is 1. The van der Waals surface area contributed by atoms with Crippen LogP contribution < -0.4 is 10.6 Å². The Hall–Kier alpha value is -3.85. The van der Waals surface area contributed by atoms with Crippen molar-refractivity contribution in [3.8, 4) is 11.4 Å². The molecule has 7 nitrogen and oxygen atoms in total. The molecule has 2 N–H and O–H groups in total. The molecule has 3 aromatic heterocycles. The average Bonchev–Trinajstić information content (AvgIpc) is 2.85. The number of ketones is 1. The number of carbonyl (C=O) groups is 1. The second kappa shape index (κ2) is 9.56. The van der Waals surface area contributed by atoms with Crippen molar-refractivity contribution in [2.24, 2.45) is 0 Å². The number of alkyl halides is 1. The third kappa shape index (κ3) is 4.89. The summed E-state index contributed by atoms with van der Waals surface area (Å²) in [5.41, 5.74) is 2.81. The normalized spacial score (nSPS) is 18.1. The number of carbonyl (C=O) groups excluding carboxylic acids is 1. The Morgan fingerprint density at radius 3 is 2.74 bits per heavy atom. The van der Waals surface area contributed by atoms with E-state index in [-0.39, 0.29) is 24.1 Å². The molecule has 0 spiro atoms. The molecule has 1 fully saturated rings. The summed E-state index contributed by atoms with van der Waals surface area (Å²) in [5.74, 6) is -0.0503. The fourth-order valence-corrected chi connectivity index (χ4v) is 3.93. The minimum absolute atomic E-state index is 0.0767. The Kier molecular flexibility index (Phi) is 6.18. The Labute approximate surface area is 194 Å². The maximum atomic E-state index is 14.2. The maximum Gasteiger partial charge on any atom is 0.168 e. The van der Waals surface area contributed by atoms with Gasteiger partial charge in [0.05, 0.1) is 41.8 Å². The fraction of sp³-hybridized carbons (Fsp3) is 0.240. The lowest BCUT2D eigenvalue weighted by Gasteiger charge is -2.27. The molecule has 1 aromatic carbocycles. The number of anilines is 1. The zero-order valence-corrected chi connectivity index (χ0v) is 18.2. The SMILES string of the molecule is O=C(Cc1cc2nc(-c3cncc(N[C@H]4CCNC[C@@H]4F)n3)ccc2cn1)c1ccc(F)cc1. The Morgan fingerprint density at radius 1 is 1.06 bits per heavy atom. The summed E-state index contributed by atoms with van der Waals surface area (Å²) >= 11 is 0. The van der Waals surface area contributed by atoms with Gasteiger partial charge in [-0.3, -0.25) is 14.8 Å². The predicted octanol–water partition coefficient (Wildman–Crippen LogP) is 3.76. The number of hydrogen-bond acceptors (Lipinski definition) is 7. The molecule has 0 saturated carbocycles. The molecule has 2 atom stereocenters. The molecule has 0 amide bonds. The molecule has 0 radical (unpaired) electrons. The second-order valence-corrected chi connectivity index (χ2v) is 8.22. The topological polar surface area (TPSA) is 92.7 Å². The van der Waals surface area contributed by atoms with Gasteiger partial charge in [0.15, 0.2) is 5.78 Å². The standard InChI is InChI=1S/C25H22F2N6O/c26-17-4-1-15(2-5-17)24(34)10-18-9-22-16(11-30-18)3-6-21(31-22)23-13-29-14-25(33-23)32-20-7-8-28-12-19(20)27/h1-6,9,11,13-14,19-20,28H,7-8,10,12H2,(H,32,33)/t19-,20-/m0/s1. The highest BCUT2D eigenvalue weighted by Gasteiger charge is 2.24. The maximum absolute atomic E-state index is 14.2. The summed E-state index contributed by atoms with van der Waals surface area (Å²) in [6, 6.07) is 10.6. The van der Waals surface area contributed by atoms with Gasteiger partial charge in [-0.1, -0.05) is 0 Å². The molecule has 1 saturated heterocycles. The number of pyridine rings is 2.